The van der Waals surface area contributed by atoms with Crippen molar-refractivity contribution in [2.24, 2.45) is 0 Å². The lowest BCUT2D eigenvalue weighted by Crippen LogP contribution is -1.83. The molecule has 0 unspecified atom stereocenters. The normalized spacial score (nSPS) is 11.0. The van der Waals surface area contributed by atoms with E-state index in [-0.39, 0.29) is 17.3 Å². The molecular weight excluding hydrogens is 204 g/mol. The smallest absolute Gasteiger partial charge is 0.178 e. The number of aromatic hydroxyl groups is 2. The van der Waals surface area contributed by atoms with Gasteiger partial charge < -0.3 is 10.2 Å². The number of hydrogen-bond donors (Lipinski definition) is 2. The van der Waals surface area contributed by atoms with Crippen molar-refractivity contribution >= 4 is 11.9 Å². The van der Waals surface area contributed by atoms with Crippen molar-refractivity contribution in [1.29, 1.82) is 0 Å². The topological polar surface area (TPSA) is 57.5 Å². The molecule has 0 saturated heterocycles. The predicted molar refractivity (Wildman–Crippen MR) is 63.1 cm³/mol. The molecule has 0 spiro atoms. The summed E-state index contributed by atoms with van der Waals surface area (Å²) in [4.78, 5) is 11.2. The summed E-state index contributed by atoms with van der Waals surface area (Å²) < 4.78 is 0. The van der Waals surface area contributed by atoms with Crippen LogP contribution in [0.1, 0.15) is 5.56 Å². The molecule has 82 valence electrons. The number of carbonyl (C=O) groups excluding carboxylic acids is 1. The fourth-order valence-electron chi connectivity index (χ4n) is 1.04. The van der Waals surface area contributed by atoms with Gasteiger partial charge in [0.15, 0.2) is 17.3 Å². The fourth-order valence-corrected chi connectivity index (χ4v) is 1.04. The molecule has 0 fully saturated rings. The lowest BCUT2D eigenvalue weighted by molar-refractivity contribution is -0.110. The second kappa shape index (κ2) is 5.56. The number of allylic oxidation sites excluding steroid dienone is 4. The van der Waals surface area contributed by atoms with Crippen LogP contribution < -0.4 is 0 Å². The van der Waals surface area contributed by atoms with E-state index in [4.69, 9.17) is 5.11 Å². The van der Waals surface area contributed by atoms with Crippen molar-refractivity contribution in [1.82, 2.24) is 0 Å². The van der Waals surface area contributed by atoms with Crippen molar-refractivity contribution in [3.8, 4) is 11.5 Å². The van der Waals surface area contributed by atoms with E-state index in [0.717, 1.165) is 0 Å². The minimum absolute atomic E-state index is 0.174. The molecule has 0 atom stereocenters. The summed E-state index contributed by atoms with van der Waals surface area (Å²) in [6.07, 6.45) is 7.35. The molecular formula is C13H12O3. The quantitative estimate of drug-likeness (QED) is 0.461. The number of ketones is 1. The monoisotopic (exact) mass is 216 g/mol. The highest BCUT2D eigenvalue weighted by Gasteiger charge is 1.97. The maximum absolute atomic E-state index is 11.2. The van der Waals surface area contributed by atoms with Gasteiger partial charge in [0.1, 0.15) is 0 Å². The molecule has 2 N–H and O–H groups in total. The highest BCUT2D eigenvalue weighted by Crippen LogP contribution is 2.25. The molecule has 0 aliphatic heterocycles. The van der Waals surface area contributed by atoms with E-state index in [2.05, 4.69) is 6.58 Å². The standard InChI is InChI=1S/C13H12O3/c1-2-3-4-11(14)7-5-10-6-8-12(15)13(16)9-10/h2-9,15-16H,1H2/b4-3?,7-5+. The fraction of sp³-hybridized carbons (Fsp3) is 0. The zero-order valence-electron chi connectivity index (χ0n) is 8.63. The summed E-state index contributed by atoms with van der Waals surface area (Å²) in [5.41, 5.74) is 0.635. The van der Waals surface area contributed by atoms with Gasteiger partial charge in [0.2, 0.25) is 0 Å². The first kappa shape index (κ1) is 11.8. The van der Waals surface area contributed by atoms with Gasteiger partial charge >= 0.3 is 0 Å². The lowest BCUT2D eigenvalue weighted by atomic mass is 10.1. The molecule has 0 radical (unpaired) electrons. The molecule has 1 rings (SSSR count). The third-order valence-corrected chi connectivity index (χ3v) is 1.84. The Bertz CT molecular complexity index is 456. The third kappa shape index (κ3) is 3.46. The zero-order valence-corrected chi connectivity index (χ0v) is 8.63. The predicted octanol–water partition coefficient (Wildman–Crippen LogP) is 2.42. The first-order valence-electron chi connectivity index (χ1n) is 4.66. The molecule has 0 saturated carbocycles. The molecule has 1 aromatic rings. The number of rotatable bonds is 4. The highest BCUT2D eigenvalue weighted by atomic mass is 16.3. The SMILES string of the molecule is C=CC=CC(=O)/C=C/c1ccc(O)c(O)c1. The largest absolute Gasteiger partial charge is 0.504 e. The van der Waals surface area contributed by atoms with Gasteiger partial charge in [-0.3, -0.25) is 4.79 Å². The van der Waals surface area contributed by atoms with Crippen LogP contribution in [-0.4, -0.2) is 16.0 Å². The Labute approximate surface area is 93.7 Å². The summed E-state index contributed by atoms with van der Waals surface area (Å²) in [6, 6.07) is 4.32. The Morgan fingerprint density at radius 3 is 2.56 bits per heavy atom. The van der Waals surface area contributed by atoms with Crippen molar-refractivity contribution in [3.05, 3.63) is 54.6 Å². The summed E-state index contributed by atoms with van der Waals surface area (Å²) in [5.74, 6) is -0.571. The van der Waals surface area contributed by atoms with Gasteiger partial charge in [-0.1, -0.05) is 30.9 Å². The van der Waals surface area contributed by atoms with Gasteiger partial charge in [0.05, 0.1) is 0 Å². The van der Waals surface area contributed by atoms with Gasteiger partial charge in [0, 0.05) is 0 Å². The van der Waals surface area contributed by atoms with Crippen molar-refractivity contribution < 1.29 is 15.0 Å². The number of hydrogen-bond acceptors (Lipinski definition) is 3. The minimum Gasteiger partial charge on any atom is -0.504 e. The third-order valence-electron chi connectivity index (χ3n) is 1.84. The Morgan fingerprint density at radius 2 is 1.94 bits per heavy atom. The first-order valence-corrected chi connectivity index (χ1v) is 4.66. The Kier molecular flexibility index (Phi) is 4.09. The minimum atomic E-state index is -0.212. The molecule has 16 heavy (non-hydrogen) atoms. The van der Waals surface area contributed by atoms with Crippen LogP contribution in [0.25, 0.3) is 6.08 Å². The van der Waals surface area contributed by atoms with Crippen LogP contribution in [0.15, 0.2) is 49.1 Å². The molecule has 0 aromatic heterocycles. The summed E-state index contributed by atoms with van der Waals surface area (Å²) in [7, 11) is 0. The van der Waals surface area contributed by atoms with Crippen LogP contribution in [0.2, 0.25) is 0 Å². The molecule has 0 aliphatic rings. The molecule has 0 heterocycles. The molecule has 3 heteroatoms. The maximum atomic E-state index is 11.2. The van der Waals surface area contributed by atoms with Crippen molar-refractivity contribution in [3.63, 3.8) is 0 Å². The van der Waals surface area contributed by atoms with Crippen LogP contribution in [0.4, 0.5) is 0 Å². The van der Waals surface area contributed by atoms with E-state index in [9.17, 15) is 9.90 Å². The first-order chi connectivity index (χ1) is 7.63. The number of phenols is 2. The maximum Gasteiger partial charge on any atom is 0.178 e. The van der Waals surface area contributed by atoms with Gasteiger partial charge in [-0.15, -0.1) is 0 Å². The highest BCUT2D eigenvalue weighted by molar-refractivity contribution is 6.02. The summed E-state index contributed by atoms with van der Waals surface area (Å²) in [6.45, 7) is 3.45. The van der Waals surface area contributed by atoms with Crippen LogP contribution in [0.5, 0.6) is 11.5 Å². The molecule has 0 bridgehead atoms. The van der Waals surface area contributed by atoms with Gasteiger partial charge in [-0.25, -0.2) is 0 Å². The number of carbonyl (C=O) groups is 1. The van der Waals surface area contributed by atoms with E-state index in [1.807, 2.05) is 0 Å². The van der Waals surface area contributed by atoms with Crippen LogP contribution in [0.3, 0.4) is 0 Å². The van der Waals surface area contributed by atoms with Gasteiger partial charge in [0.25, 0.3) is 0 Å². The van der Waals surface area contributed by atoms with E-state index < -0.39 is 0 Å². The van der Waals surface area contributed by atoms with E-state index in [1.165, 1.54) is 30.4 Å². The van der Waals surface area contributed by atoms with E-state index >= 15 is 0 Å². The second-order valence-electron chi connectivity index (χ2n) is 3.08. The molecule has 3 nitrogen and oxygen atoms in total. The summed E-state index contributed by atoms with van der Waals surface area (Å²) in [5, 5.41) is 18.3. The lowest BCUT2D eigenvalue weighted by Gasteiger charge is -1.97. The Hall–Kier alpha value is -2.29. The van der Waals surface area contributed by atoms with Gasteiger partial charge in [-0.2, -0.15) is 0 Å². The van der Waals surface area contributed by atoms with Crippen LogP contribution in [-0.2, 0) is 4.79 Å². The molecule has 1 aromatic carbocycles. The molecule has 0 amide bonds. The average molecular weight is 216 g/mol. The van der Waals surface area contributed by atoms with E-state index in [1.54, 1.807) is 18.2 Å². The van der Waals surface area contributed by atoms with Crippen molar-refractivity contribution in [2.75, 3.05) is 0 Å². The summed E-state index contributed by atoms with van der Waals surface area (Å²) >= 11 is 0. The van der Waals surface area contributed by atoms with Crippen molar-refractivity contribution in [2.45, 2.75) is 0 Å². The van der Waals surface area contributed by atoms with Crippen LogP contribution in [0, 0.1) is 0 Å². The molecule has 0 aliphatic carbocycles. The zero-order chi connectivity index (χ0) is 12.0. The second-order valence-corrected chi connectivity index (χ2v) is 3.08. The number of benzene rings is 1. The Balaban J connectivity index is 2.76. The number of phenolic OH excluding ortho intramolecular Hbond substituents is 2. The average Bonchev–Trinajstić information content (AvgIpc) is 2.28. The van der Waals surface area contributed by atoms with E-state index in [0.29, 0.717) is 5.56 Å². The van der Waals surface area contributed by atoms with Crippen LogP contribution >= 0.6 is 0 Å². The van der Waals surface area contributed by atoms with Gasteiger partial charge in [-0.05, 0) is 29.8 Å². The Morgan fingerprint density at radius 1 is 1.19 bits per heavy atom.